The van der Waals surface area contributed by atoms with Crippen LogP contribution in [0.2, 0.25) is 0 Å². The number of ether oxygens (including phenoxy) is 1. The van der Waals surface area contributed by atoms with Crippen molar-refractivity contribution in [3.63, 3.8) is 0 Å². The van der Waals surface area contributed by atoms with E-state index >= 15 is 0 Å². The highest BCUT2D eigenvalue weighted by Crippen LogP contribution is 2.34. The Hall–Kier alpha value is -3.29. The van der Waals surface area contributed by atoms with Crippen molar-refractivity contribution in [2.24, 2.45) is 0 Å². The van der Waals surface area contributed by atoms with E-state index in [0.29, 0.717) is 11.8 Å². The van der Waals surface area contributed by atoms with E-state index in [0.717, 1.165) is 23.3 Å². The Labute approximate surface area is 157 Å². The van der Waals surface area contributed by atoms with Crippen LogP contribution in [-0.4, -0.2) is 12.5 Å². The second-order valence-corrected chi connectivity index (χ2v) is 6.24. The number of aryl methyl sites for hydroxylation is 2. The molecule has 8 heteroatoms. The summed E-state index contributed by atoms with van der Waals surface area (Å²) < 4.78 is 49.4. The number of para-hydroxylation sites is 1. The van der Waals surface area contributed by atoms with Crippen LogP contribution < -0.4 is 15.7 Å². The number of benzene rings is 2. The number of nitrogens with one attached hydrogen (secondary N) is 1. The van der Waals surface area contributed by atoms with Gasteiger partial charge in [-0.2, -0.15) is 13.2 Å². The lowest BCUT2D eigenvalue weighted by Gasteiger charge is -2.13. The molecule has 0 radical (unpaired) electrons. The Morgan fingerprint density at radius 1 is 1.11 bits per heavy atom. The lowest BCUT2D eigenvalue weighted by atomic mass is 10.1. The highest BCUT2D eigenvalue weighted by Gasteiger charge is 2.33. The molecule has 1 aromatic heterocycles. The molecule has 0 spiro atoms. The van der Waals surface area contributed by atoms with Crippen molar-refractivity contribution in [2.75, 3.05) is 11.9 Å². The van der Waals surface area contributed by atoms with Gasteiger partial charge in [0.2, 0.25) is 0 Å². The van der Waals surface area contributed by atoms with E-state index in [4.69, 9.17) is 9.15 Å². The minimum absolute atomic E-state index is 0.103. The number of fused-ring (bicyclic) bond motifs is 1. The van der Waals surface area contributed by atoms with Gasteiger partial charge in [-0.05, 0) is 37.1 Å². The number of alkyl halides is 3. The summed E-state index contributed by atoms with van der Waals surface area (Å²) in [5.74, 6) is -0.324. The lowest BCUT2D eigenvalue weighted by molar-refractivity contribution is -0.136. The summed E-state index contributed by atoms with van der Waals surface area (Å²) >= 11 is 0. The predicted octanol–water partition coefficient (Wildman–Crippen LogP) is 4.45. The Kier molecular flexibility index (Phi) is 5.13. The molecule has 5 nitrogen and oxygen atoms in total. The van der Waals surface area contributed by atoms with Gasteiger partial charge in [0.05, 0.1) is 5.56 Å². The van der Waals surface area contributed by atoms with Crippen LogP contribution in [0.1, 0.15) is 16.7 Å². The summed E-state index contributed by atoms with van der Waals surface area (Å²) in [7, 11) is 0. The van der Waals surface area contributed by atoms with E-state index < -0.39 is 23.3 Å². The van der Waals surface area contributed by atoms with Gasteiger partial charge in [-0.1, -0.05) is 18.2 Å². The zero-order valence-electron chi connectivity index (χ0n) is 15.0. The van der Waals surface area contributed by atoms with Crippen LogP contribution in [-0.2, 0) is 11.0 Å². The van der Waals surface area contributed by atoms with Crippen LogP contribution >= 0.6 is 0 Å². The molecule has 0 bridgehead atoms. The molecular weight excluding hydrogens is 375 g/mol. The number of halogens is 3. The molecule has 1 amide bonds. The van der Waals surface area contributed by atoms with Crippen LogP contribution in [0.3, 0.4) is 0 Å². The number of hydrogen-bond acceptors (Lipinski definition) is 4. The van der Waals surface area contributed by atoms with Gasteiger partial charge in [0.1, 0.15) is 11.3 Å². The highest BCUT2D eigenvalue weighted by molar-refractivity contribution is 5.93. The standard InChI is InChI=1S/C20H16F3NO4/c1-11-4-3-5-12(2)19(11)24-17(25)10-27-13-6-7-14-15(20(21,22)23)9-18(26)28-16(14)8-13/h3-9H,10H2,1-2H3,(H,24,25). The van der Waals surface area contributed by atoms with E-state index in [1.807, 2.05) is 32.0 Å². The SMILES string of the molecule is Cc1cccc(C)c1NC(=O)COc1ccc2c(C(F)(F)F)cc(=O)oc2c1. The molecule has 3 rings (SSSR count). The van der Waals surface area contributed by atoms with Crippen molar-refractivity contribution in [2.45, 2.75) is 20.0 Å². The number of carbonyl (C=O) groups is 1. The van der Waals surface area contributed by atoms with Crippen LogP contribution in [0.5, 0.6) is 5.75 Å². The molecule has 0 saturated heterocycles. The summed E-state index contributed by atoms with van der Waals surface area (Å²) in [5, 5.41) is 2.47. The summed E-state index contributed by atoms with van der Waals surface area (Å²) in [6.07, 6.45) is -4.69. The van der Waals surface area contributed by atoms with E-state index in [-0.39, 0.29) is 23.3 Å². The van der Waals surface area contributed by atoms with Gasteiger partial charge in [0.15, 0.2) is 6.61 Å². The van der Waals surface area contributed by atoms with Gasteiger partial charge in [0.25, 0.3) is 5.91 Å². The average Bonchev–Trinajstić information content (AvgIpc) is 2.61. The van der Waals surface area contributed by atoms with Gasteiger partial charge in [-0.15, -0.1) is 0 Å². The zero-order chi connectivity index (χ0) is 20.5. The summed E-state index contributed by atoms with van der Waals surface area (Å²) in [6, 6.07) is 9.55. The molecule has 0 aliphatic heterocycles. The normalized spacial score (nSPS) is 11.5. The maximum Gasteiger partial charge on any atom is 0.417 e. The molecule has 1 N–H and O–H groups in total. The Balaban J connectivity index is 1.78. The minimum atomic E-state index is -4.69. The smallest absolute Gasteiger partial charge is 0.417 e. The summed E-state index contributed by atoms with van der Waals surface area (Å²) in [6.45, 7) is 3.35. The van der Waals surface area contributed by atoms with Crippen molar-refractivity contribution in [3.8, 4) is 5.75 Å². The molecule has 0 atom stereocenters. The van der Waals surface area contributed by atoms with Crippen molar-refractivity contribution < 1.29 is 27.1 Å². The predicted molar refractivity (Wildman–Crippen MR) is 97.5 cm³/mol. The number of anilines is 1. The topological polar surface area (TPSA) is 68.5 Å². The van der Waals surface area contributed by atoms with Crippen LogP contribution in [0, 0.1) is 13.8 Å². The first-order chi connectivity index (χ1) is 13.1. The third-order valence-corrected chi connectivity index (χ3v) is 4.14. The first-order valence-corrected chi connectivity index (χ1v) is 8.29. The van der Waals surface area contributed by atoms with Crippen molar-refractivity contribution in [1.82, 2.24) is 0 Å². The lowest BCUT2D eigenvalue weighted by Crippen LogP contribution is -2.21. The first kappa shape index (κ1) is 19.5. The van der Waals surface area contributed by atoms with Gasteiger partial charge < -0.3 is 14.5 Å². The fraction of sp³-hybridized carbons (Fsp3) is 0.200. The monoisotopic (exact) mass is 391 g/mol. The molecule has 0 aliphatic carbocycles. The highest BCUT2D eigenvalue weighted by atomic mass is 19.4. The van der Waals surface area contributed by atoms with Crippen LogP contribution in [0.25, 0.3) is 11.0 Å². The quantitative estimate of drug-likeness (QED) is 0.668. The molecule has 2 aromatic carbocycles. The van der Waals surface area contributed by atoms with Crippen LogP contribution in [0.4, 0.5) is 18.9 Å². The van der Waals surface area contributed by atoms with Crippen molar-refractivity contribution in [3.05, 3.63) is 69.6 Å². The summed E-state index contributed by atoms with van der Waals surface area (Å²) in [4.78, 5) is 23.6. The third-order valence-electron chi connectivity index (χ3n) is 4.14. The number of rotatable bonds is 4. The van der Waals surface area contributed by atoms with Crippen molar-refractivity contribution >= 4 is 22.6 Å². The van der Waals surface area contributed by atoms with E-state index in [1.165, 1.54) is 6.07 Å². The molecular formula is C20H16F3NO4. The Morgan fingerprint density at radius 2 is 1.79 bits per heavy atom. The fourth-order valence-corrected chi connectivity index (χ4v) is 2.80. The molecule has 146 valence electrons. The average molecular weight is 391 g/mol. The Morgan fingerprint density at radius 3 is 2.43 bits per heavy atom. The van der Waals surface area contributed by atoms with E-state index in [9.17, 15) is 22.8 Å². The fourth-order valence-electron chi connectivity index (χ4n) is 2.80. The van der Waals surface area contributed by atoms with Crippen LogP contribution in [0.15, 0.2) is 51.7 Å². The number of hydrogen-bond donors (Lipinski definition) is 1. The van der Waals surface area contributed by atoms with Gasteiger partial charge in [-0.3, -0.25) is 4.79 Å². The number of amides is 1. The maximum absolute atomic E-state index is 13.1. The second-order valence-electron chi connectivity index (χ2n) is 6.24. The largest absolute Gasteiger partial charge is 0.484 e. The summed E-state index contributed by atoms with van der Waals surface area (Å²) in [5.41, 5.74) is -0.0215. The van der Waals surface area contributed by atoms with Gasteiger partial charge in [0, 0.05) is 23.2 Å². The molecule has 0 unspecified atom stereocenters. The molecule has 3 aromatic rings. The third kappa shape index (κ3) is 4.16. The number of carbonyl (C=O) groups excluding carboxylic acids is 1. The van der Waals surface area contributed by atoms with E-state index in [2.05, 4.69) is 5.32 Å². The molecule has 0 aliphatic rings. The molecule has 0 saturated carbocycles. The Bertz CT molecular complexity index is 1080. The second kappa shape index (κ2) is 7.38. The molecule has 0 fully saturated rings. The minimum Gasteiger partial charge on any atom is -0.484 e. The molecule has 1 heterocycles. The van der Waals surface area contributed by atoms with Gasteiger partial charge >= 0.3 is 11.8 Å². The zero-order valence-corrected chi connectivity index (χ0v) is 15.0. The first-order valence-electron chi connectivity index (χ1n) is 8.29. The maximum atomic E-state index is 13.1. The van der Waals surface area contributed by atoms with E-state index in [1.54, 1.807) is 0 Å². The molecule has 28 heavy (non-hydrogen) atoms. The van der Waals surface area contributed by atoms with Crippen molar-refractivity contribution in [1.29, 1.82) is 0 Å². The van der Waals surface area contributed by atoms with Gasteiger partial charge in [-0.25, -0.2) is 4.79 Å².